The maximum atomic E-state index is 12.1. The Balaban J connectivity index is 2.52. The van der Waals surface area contributed by atoms with Crippen LogP contribution in [0.15, 0.2) is 0 Å². The smallest absolute Gasteiger partial charge is 0.102 e. The van der Waals surface area contributed by atoms with E-state index in [1.54, 1.807) is 0 Å². The van der Waals surface area contributed by atoms with Gasteiger partial charge in [0.15, 0.2) is 0 Å². The van der Waals surface area contributed by atoms with E-state index in [9.17, 15) is 4.39 Å². The molecule has 0 atom stereocenters. The van der Waals surface area contributed by atoms with Crippen LogP contribution in [0.3, 0.4) is 0 Å². The lowest BCUT2D eigenvalue weighted by molar-refractivity contribution is 0.123. The Hall–Kier alpha value is -0.150. The average Bonchev–Trinajstić information content (AvgIpc) is 2.54. The van der Waals surface area contributed by atoms with E-state index in [0.29, 0.717) is 13.1 Å². The SMILES string of the molecule is CN(CCF)C1(CN)CCCC1. The van der Waals surface area contributed by atoms with Gasteiger partial charge in [0.05, 0.1) is 0 Å². The molecule has 0 aromatic heterocycles. The summed E-state index contributed by atoms with van der Waals surface area (Å²) in [5, 5.41) is 0. The van der Waals surface area contributed by atoms with Gasteiger partial charge in [0, 0.05) is 18.6 Å². The minimum absolute atomic E-state index is 0.117. The lowest BCUT2D eigenvalue weighted by atomic mass is 9.96. The molecule has 1 rings (SSSR count). The summed E-state index contributed by atoms with van der Waals surface area (Å²) in [4.78, 5) is 2.10. The summed E-state index contributed by atoms with van der Waals surface area (Å²) >= 11 is 0. The van der Waals surface area contributed by atoms with Crippen LogP contribution < -0.4 is 5.73 Å². The molecule has 0 aromatic carbocycles. The van der Waals surface area contributed by atoms with Crippen molar-refractivity contribution in [1.82, 2.24) is 4.90 Å². The Labute approximate surface area is 73.9 Å². The summed E-state index contributed by atoms with van der Waals surface area (Å²) < 4.78 is 12.1. The zero-order valence-corrected chi connectivity index (χ0v) is 7.85. The van der Waals surface area contributed by atoms with Crippen LogP contribution in [-0.4, -0.2) is 37.3 Å². The van der Waals surface area contributed by atoms with Crippen LogP contribution in [-0.2, 0) is 0 Å². The van der Waals surface area contributed by atoms with Crippen molar-refractivity contribution in [2.24, 2.45) is 5.73 Å². The molecule has 0 spiro atoms. The van der Waals surface area contributed by atoms with Crippen molar-refractivity contribution in [2.75, 3.05) is 26.8 Å². The van der Waals surface area contributed by atoms with Crippen molar-refractivity contribution >= 4 is 0 Å². The lowest BCUT2D eigenvalue weighted by Crippen LogP contribution is -2.50. The van der Waals surface area contributed by atoms with Crippen LogP contribution in [0.4, 0.5) is 4.39 Å². The van der Waals surface area contributed by atoms with Gasteiger partial charge in [-0.25, -0.2) is 4.39 Å². The van der Waals surface area contributed by atoms with E-state index in [4.69, 9.17) is 5.73 Å². The standard InChI is InChI=1S/C9H19FN2/c1-12(7-6-10)9(8-11)4-2-3-5-9/h2-8,11H2,1H3. The number of halogens is 1. The predicted octanol–water partition coefficient (Wildman–Crippen LogP) is 1.16. The highest BCUT2D eigenvalue weighted by Crippen LogP contribution is 2.33. The van der Waals surface area contributed by atoms with Gasteiger partial charge in [0.25, 0.3) is 0 Å². The third-order valence-electron chi connectivity index (χ3n) is 3.14. The fourth-order valence-electron chi connectivity index (χ4n) is 2.14. The largest absolute Gasteiger partial charge is 0.329 e. The number of likely N-dealkylation sites (N-methyl/N-ethyl adjacent to an activating group) is 1. The van der Waals surface area contributed by atoms with Crippen molar-refractivity contribution in [1.29, 1.82) is 0 Å². The summed E-state index contributed by atoms with van der Waals surface area (Å²) in [6.45, 7) is 0.930. The van der Waals surface area contributed by atoms with Crippen molar-refractivity contribution in [2.45, 2.75) is 31.2 Å². The Morgan fingerprint density at radius 1 is 1.42 bits per heavy atom. The minimum atomic E-state index is -0.266. The zero-order valence-electron chi connectivity index (χ0n) is 7.85. The Morgan fingerprint density at radius 2 is 2.00 bits per heavy atom. The number of nitrogens with two attached hydrogens (primary N) is 1. The molecule has 1 saturated carbocycles. The molecule has 2 nitrogen and oxygen atoms in total. The molecule has 0 saturated heterocycles. The quantitative estimate of drug-likeness (QED) is 0.693. The molecule has 0 bridgehead atoms. The third kappa shape index (κ3) is 1.77. The van der Waals surface area contributed by atoms with Gasteiger partial charge in [-0.2, -0.15) is 0 Å². The number of alkyl halides is 1. The maximum Gasteiger partial charge on any atom is 0.102 e. The summed E-state index contributed by atoms with van der Waals surface area (Å²) in [7, 11) is 1.98. The van der Waals surface area contributed by atoms with Gasteiger partial charge in [-0.15, -0.1) is 0 Å². The second-order valence-electron chi connectivity index (χ2n) is 3.75. The van der Waals surface area contributed by atoms with Gasteiger partial charge in [-0.1, -0.05) is 12.8 Å². The predicted molar refractivity (Wildman–Crippen MR) is 48.9 cm³/mol. The second-order valence-corrected chi connectivity index (χ2v) is 3.75. The monoisotopic (exact) mass is 174 g/mol. The van der Waals surface area contributed by atoms with E-state index in [-0.39, 0.29) is 12.2 Å². The second kappa shape index (κ2) is 4.19. The summed E-state index contributed by atoms with van der Waals surface area (Å²) in [5.41, 5.74) is 5.85. The molecule has 0 amide bonds. The van der Waals surface area contributed by atoms with Gasteiger partial charge in [-0.05, 0) is 19.9 Å². The number of hydrogen-bond donors (Lipinski definition) is 1. The van der Waals surface area contributed by atoms with Gasteiger partial charge < -0.3 is 5.73 Å². The van der Waals surface area contributed by atoms with E-state index in [1.807, 2.05) is 7.05 Å². The Kier molecular flexibility index (Phi) is 3.47. The van der Waals surface area contributed by atoms with Gasteiger partial charge in [-0.3, -0.25) is 4.90 Å². The van der Waals surface area contributed by atoms with Crippen LogP contribution in [0, 0.1) is 0 Å². The minimum Gasteiger partial charge on any atom is -0.329 e. The van der Waals surface area contributed by atoms with E-state index in [2.05, 4.69) is 4.90 Å². The normalized spacial score (nSPS) is 22.0. The highest BCUT2D eigenvalue weighted by molar-refractivity contribution is 4.94. The van der Waals surface area contributed by atoms with E-state index < -0.39 is 0 Å². The van der Waals surface area contributed by atoms with E-state index >= 15 is 0 Å². The van der Waals surface area contributed by atoms with Gasteiger partial charge in [0.1, 0.15) is 6.67 Å². The third-order valence-corrected chi connectivity index (χ3v) is 3.14. The molecule has 3 heteroatoms. The van der Waals surface area contributed by atoms with Crippen LogP contribution in [0.5, 0.6) is 0 Å². The van der Waals surface area contributed by atoms with E-state index in [1.165, 1.54) is 12.8 Å². The average molecular weight is 174 g/mol. The van der Waals surface area contributed by atoms with Crippen molar-refractivity contribution in [3.05, 3.63) is 0 Å². The van der Waals surface area contributed by atoms with Crippen molar-refractivity contribution < 1.29 is 4.39 Å². The number of rotatable bonds is 4. The maximum absolute atomic E-state index is 12.1. The van der Waals surface area contributed by atoms with Crippen molar-refractivity contribution in [3.8, 4) is 0 Å². The fourth-order valence-corrected chi connectivity index (χ4v) is 2.14. The first-order chi connectivity index (χ1) is 5.75. The van der Waals surface area contributed by atoms with Crippen LogP contribution in [0.25, 0.3) is 0 Å². The highest BCUT2D eigenvalue weighted by Gasteiger charge is 2.35. The van der Waals surface area contributed by atoms with Gasteiger partial charge >= 0.3 is 0 Å². The molecule has 12 heavy (non-hydrogen) atoms. The molecule has 0 radical (unpaired) electrons. The van der Waals surface area contributed by atoms with Crippen LogP contribution in [0.2, 0.25) is 0 Å². The molecular formula is C9H19FN2. The van der Waals surface area contributed by atoms with Crippen LogP contribution in [0.1, 0.15) is 25.7 Å². The van der Waals surface area contributed by atoms with Crippen molar-refractivity contribution in [3.63, 3.8) is 0 Å². The molecule has 0 aromatic rings. The van der Waals surface area contributed by atoms with E-state index in [0.717, 1.165) is 12.8 Å². The zero-order chi connectivity index (χ0) is 9.03. The number of hydrogen-bond acceptors (Lipinski definition) is 2. The lowest BCUT2D eigenvalue weighted by Gasteiger charge is -2.37. The fraction of sp³-hybridized carbons (Fsp3) is 1.00. The Morgan fingerprint density at radius 3 is 2.42 bits per heavy atom. The molecule has 2 N–H and O–H groups in total. The first-order valence-electron chi connectivity index (χ1n) is 4.72. The van der Waals surface area contributed by atoms with Crippen LogP contribution >= 0.6 is 0 Å². The first-order valence-corrected chi connectivity index (χ1v) is 4.72. The summed E-state index contributed by atoms with van der Waals surface area (Å²) in [5.74, 6) is 0. The molecule has 0 heterocycles. The Bertz CT molecular complexity index is 132. The molecule has 0 unspecified atom stereocenters. The molecule has 1 aliphatic carbocycles. The number of nitrogens with zero attached hydrogens (tertiary/aromatic N) is 1. The van der Waals surface area contributed by atoms with Gasteiger partial charge in [0.2, 0.25) is 0 Å². The summed E-state index contributed by atoms with van der Waals surface area (Å²) in [6.07, 6.45) is 4.77. The summed E-state index contributed by atoms with van der Waals surface area (Å²) in [6, 6.07) is 0. The first kappa shape index (κ1) is 9.93. The molecule has 1 aliphatic rings. The molecule has 72 valence electrons. The highest BCUT2D eigenvalue weighted by atomic mass is 19.1. The molecule has 1 fully saturated rings. The molecular weight excluding hydrogens is 155 g/mol. The molecule has 0 aliphatic heterocycles. The topological polar surface area (TPSA) is 29.3 Å².